The molecule has 2 rings (SSSR count). The van der Waals surface area contributed by atoms with Crippen LogP contribution in [0.4, 0.5) is 19.0 Å². The Kier molecular flexibility index (Phi) is 3.98. The van der Waals surface area contributed by atoms with Gasteiger partial charge in [0.25, 0.3) is 0 Å². The Morgan fingerprint density at radius 3 is 2.52 bits per heavy atom. The predicted molar refractivity (Wildman–Crippen MR) is 76.0 cm³/mol. The van der Waals surface area contributed by atoms with Gasteiger partial charge >= 0.3 is 6.18 Å². The molecule has 0 atom stereocenters. The van der Waals surface area contributed by atoms with Gasteiger partial charge in [-0.3, -0.25) is 0 Å². The summed E-state index contributed by atoms with van der Waals surface area (Å²) in [5.74, 6) is 0.325. The van der Waals surface area contributed by atoms with Crippen molar-refractivity contribution in [2.75, 3.05) is 5.73 Å². The van der Waals surface area contributed by atoms with Gasteiger partial charge in [-0.15, -0.1) is 0 Å². The van der Waals surface area contributed by atoms with Crippen LogP contribution in [0.2, 0.25) is 0 Å². The van der Waals surface area contributed by atoms with Crippen LogP contribution in [0.1, 0.15) is 42.1 Å². The Morgan fingerprint density at radius 1 is 1.33 bits per heavy atom. The molecular weight excluding hydrogens is 279 g/mol. The fourth-order valence-corrected chi connectivity index (χ4v) is 2.62. The highest BCUT2D eigenvalue weighted by Gasteiger charge is 2.35. The third kappa shape index (κ3) is 3.04. The molecule has 6 heteroatoms. The van der Waals surface area contributed by atoms with Crippen LogP contribution in [0.15, 0.2) is 24.5 Å². The summed E-state index contributed by atoms with van der Waals surface area (Å²) in [6, 6.07) is 3.50. The molecule has 2 aromatic rings. The van der Waals surface area contributed by atoms with Gasteiger partial charge in [-0.25, -0.2) is 4.98 Å². The quantitative estimate of drug-likeness (QED) is 0.931. The zero-order valence-electron chi connectivity index (χ0n) is 12.2. The topological polar surface area (TPSA) is 43.8 Å². The Balaban J connectivity index is 2.51. The maximum Gasteiger partial charge on any atom is 0.418 e. The monoisotopic (exact) mass is 297 g/mol. The summed E-state index contributed by atoms with van der Waals surface area (Å²) >= 11 is 0. The smallest absolute Gasteiger partial charge is 0.383 e. The van der Waals surface area contributed by atoms with Gasteiger partial charge in [-0.1, -0.05) is 19.9 Å². The average molecular weight is 297 g/mol. The van der Waals surface area contributed by atoms with Crippen LogP contribution in [-0.2, 0) is 12.7 Å². The molecule has 0 aliphatic carbocycles. The van der Waals surface area contributed by atoms with E-state index in [0.717, 1.165) is 6.20 Å². The SMILES string of the molecule is Cc1c(C(F)(F)F)cn(Cc2cccnc2N)c1C(C)C. The van der Waals surface area contributed by atoms with Crippen molar-refractivity contribution in [3.63, 3.8) is 0 Å². The van der Waals surface area contributed by atoms with E-state index >= 15 is 0 Å². The molecule has 0 saturated carbocycles. The third-order valence-corrected chi connectivity index (χ3v) is 3.50. The molecule has 2 aromatic heterocycles. The van der Waals surface area contributed by atoms with Crippen molar-refractivity contribution in [1.29, 1.82) is 0 Å². The fourth-order valence-electron chi connectivity index (χ4n) is 2.62. The highest BCUT2D eigenvalue weighted by atomic mass is 19.4. The molecule has 2 N–H and O–H groups in total. The molecule has 3 nitrogen and oxygen atoms in total. The van der Waals surface area contributed by atoms with Gasteiger partial charge in [0.15, 0.2) is 0 Å². The first-order valence-corrected chi connectivity index (χ1v) is 6.68. The number of alkyl halides is 3. The van der Waals surface area contributed by atoms with Gasteiger partial charge in [0.2, 0.25) is 0 Å². The van der Waals surface area contributed by atoms with Crippen LogP contribution >= 0.6 is 0 Å². The normalized spacial score (nSPS) is 12.1. The number of anilines is 1. The van der Waals surface area contributed by atoms with Crippen LogP contribution in [0.5, 0.6) is 0 Å². The standard InChI is InChI=1S/C15H18F3N3/c1-9(2)13-10(3)12(15(16,17)18)8-21(13)7-11-5-4-6-20-14(11)19/h4-6,8-9H,7H2,1-3H3,(H2,19,20). The molecule has 2 heterocycles. The molecule has 0 aliphatic rings. The van der Waals surface area contributed by atoms with Crippen molar-refractivity contribution in [1.82, 2.24) is 9.55 Å². The van der Waals surface area contributed by atoms with Gasteiger partial charge in [0.05, 0.1) is 12.1 Å². The minimum absolute atomic E-state index is 0.0148. The summed E-state index contributed by atoms with van der Waals surface area (Å²) in [5, 5.41) is 0. The van der Waals surface area contributed by atoms with Crippen molar-refractivity contribution in [2.24, 2.45) is 0 Å². The first-order valence-electron chi connectivity index (χ1n) is 6.68. The highest BCUT2D eigenvalue weighted by Crippen LogP contribution is 2.36. The molecule has 21 heavy (non-hydrogen) atoms. The molecule has 0 aromatic carbocycles. The molecule has 0 unspecified atom stereocenters. The Bertz CT molecular complexity index is 642. The van der Waals surface area contributed by atoms with Gasteiger partial charge in [0, 0.05) is 23.7 Å². The number of pyridine rings is 1. The molecule has 0 bridgehead atoms. The second kappa shape index (κ2) is 5.42. The first-order chi connectivity index (χ1) is 9.71. The molecule has 0 amide bonds. The summed E-state index contributed by atoms with van der Waals surface area (Å²) in [6.07, 6.45) is -1.62. The van der Waals surface area contributed by atoms with E-state index in [0.29, 0.717) is 17.1 Å². The summed E-state index contributed by atoms with van der Waals surface area (Å²) < 4.78 is 40.8. The van der Waals surface area contributed by atoms with Gasteiger partial charge in [0.1, 0.15) is 5.82 Å². The number of rotatable bonds is 3. The van der Waals surface area contributed by atoms with Crippen molar-refractivity contribution in [2.45, 2.75) is 39.4 Å². The van der Waals surface area contributed by atoms with E-state index in [1.54, 1.807) is 22.9 Å². The van der Waals surface area contributed by atoms with Crippen LogP contribution in [0, 0.1) is 6.92 Å². The maximum absolute atomic E-state index is 13.1. The van der Waals surface area contributed by atoms with Crippen LogP contribution in [-0.4, -0.2) is 9.55 Å². The maximum atomic E-state index is 13.1. The van der Waals surface area contributed by atoms with Crippen molar-refractivity contribution < 1.29 is 13.2 Å². The number of nitrogen functional groups attached to an aromatic ring is 1. The summed E-state index contributed by atoms with van der Waals surface area (Å²) in [7, 11) is 0. The Labute approximate surface area is 121 Å². The van der Waals surface area contributed by atoms with Crippen molar-refractivity contribution in [3.05, 3.63) is 46.9 Å². The van der Waals surface area contributed by atoms with E-state index in [1.807, 2.05) is 13.8 Å². The number of halogens is 3. The molecule has 0 saturated heterocycles. The van der Waals surface area contributed by atoms with Crippen LogP contribution in [0.25, 0.3) is 0 Å². The molecule has 0 spiro atoms. The summed E-state index contributed by atoms with van der Waals surface area (Å²) in [4.78, 5) is 3.97. The molecule has 114 valence electrons. The van der Waals surface area contributed by atoms with E-state index in [4.69, 9.17) is 5.73 Å². The lowest BCUT2D eigenvalue weighted by Gasteiger charge is -2.14. The predicted octanol–water partition coefficient (Wildman–Crippen LogP) is 3.96. The minimum Gasteiger partial charge on any atom is -0.383 e. The summed E-state index contributed by atoms with van der Waals surface area (Å²) in [5.41, 5.74) is 6.85. The second-order valence-electron chi connectivity index (χ2n) is 5.38. The zero-order valence-corrected chi connectivity index (χ0v) is 12.2. The largest absolute Gasteiger partial charge is 0.418 e. The van der Waals surface area contributed by atoms with E-state index in [-0.39, 0.29) is 18.0 Å². The van der Waals surface area contributed by atoms with Crippen molar-refractivity contribution in [3.8, 4) is 0 Å². The van der Waals surface area contributed by atoms with E-state index in [9.17, 15) is 13.2 Å². The molecule has 0 radical (unpaired) electrons. The summed E-state index contributed by atoms with van der Waals surface area (Å²) in [6.45, 7) is 5.56. The lowest BCUT2D eigenvalue weighted by Crippen LogP contribution is -2.08. The molecular formula is C15H18F3N3. The number of aromatic nitrogens is 2. The average Bonchev–Trinajstić information content (AvgIpc) is 2.69. The van der Waals surface area contributed by atoms with Crippen LogP contribution in [0.3, 0.4) is 0 Å². The van der Waals surface area contributed by atoms with Gasteiger partial charge in [-0.05, 0) is 24.5 Å². The number of hydrogen-bond acceptors (Lipinski definition) is 2. The van der Waals surface area contributed by atoms with Gasteiger partial charge in [-0.2, -0.15) is 13.2 Å². The molecule has 0 fully saturated rings. The van der Waals surface area contributed by atoms with Crippen LogP contribution < -0.4 is 5.73 Å². The van der Waals surface area contributed by atoms with Gasteiger partial charge < -0.3 is 10.3 Å². The van der Waals surface area contributed by atoms with E-state index < -0.39 is 11.7 Å². The number of nitrogens with zero attached hydrogens (tertiary/aromatic N) is 2. The van der Waals surface area contributed by atoms with E-state index in [2.05, 4.69) is 4.98 Å². The Morgan fingerprint density at radius 2 is 2.00 bits per heavy atom. The second-order valence-corrected chi connectivity index (χ2v) is 5.38. The third-order valence-electron chi connectivity index (χ3n) is 3.50. The zero-order chi connectivity index (χ0) is 15.8. The molecule has 0 aliphatic heterocycles. The van der Waals surface area contributed by atoms with E-state index in [1.165, 1.54) is 6.92 Å². The lowest BCUT2D eigenvalue weighted by atomic mass is 10.0. The minimum atomic E-state index is -4.35. The van der Waals surface area contributed by atoms with Crippen molar-refractivity contribution >= 4 is 5.82 Å². The fraction of sp³-hybridized carbons (Fsp3) is 0.400. The Hall–Kier alpha value is -1.98. The number of nitrogens with two attached hydrogens (primary N) is 1. The number of hydrogen-bond donors (Lipinski definition) is 1. The highest BCUT2D eigenvalue weighted by molar-refractivity contribution is 5.41. The lowest BCUT2D eigenvalue weighted by molar-refractivity contribution is -0.138. The first kappa shape index (κ1) is 15.4.